The van der Waals surface area contributed by atoms with Crippen molar-refractivity contribution in [1.82, 2.24) is 0 Å². The van der Waals surface area contributed by atoms with E-state index in [0.717, 1.165) is 29.6 Å². The summed E-state index contributed by atoms with van der Waals surface area (Å²) in [4.78, 5) is 12.7. The largest absolute Gasteiger partial charge is 0.497 e. The lowest BCUT2D eigenvalue weighted by Gasteiger charge is -2.46. The third-order valence-electron chi connectivity index (χ3n) is 8.63. The van der Waals surface area contributed by atoms with Crippen LogP contribution in [0.3, 0.4) is 0 Å². The number of hydrogen-bond donors (Lipinski definition) is 0. The molecule has 3 saturated carbocycles. The molecule has 3 heteroatoms. The maximum atomic E-state index is 12.7. The van der Waals surface area contributed by atoms with Gasteiger partial charge in [0.2, 0.25) is 0 Å². The molecule has 0 amide bonds. The van der Waals surface area contributed by atoms with Gasteiger partial charge < -0.3 is 9.47 Å². The average Bonchev–Trinajstić information content (AvgIpc) is 3.09. The quantitative estimate of drug-likeness (QED) is 0.482. The molecule has 0 aromatic heterocycles. The Hall–Kier alpha value is -1.77. The van der Waals surface area contributed by atoms with Crippen molar-refractivity contribution >= 4 is 12.0 Å². The summed E-state index contributed by atoms with van der Waals surface area (Å²) in [6.07, 6.45) is 9.51. The molecule has 0 N–H and O–H groups in total. The molecule has 0 heterocycles. The minimum absolute atomic E-state index is 0.227. The van der Waals surface area contributed by atoms with Gasteiger partial charge in [-0.25, -0.2) is 4.79 Å². The molecule has 3 aliphatic rings. The molecule has 1 aromatic carbocycles. The lowest BCUT2D eigenvalue weighted by atomic mass is 9.64. The van der Waals surface area contributed by atoms with Gasteiger partial charge >= 0.3 is 5.97 Å². The van der Waals surface area contributed by atoms with Crippen molar-refractivity contribution in [3.63, 3.8) is 0 Å². The second kappa shape index (κ2) is 6.64. The van der Waals surface area contributed by atoms with Gasteiger partial charge in [0.25, 0.3) is 0 Å². The van der Waals surface area contributed by atoms with E-state index in [9.17, 15) is 4.79 Å². The van der Waals surface area contributed by atoms with E-state index in [-0.39, 0.29) is 17.0 Å². The summed E-state index contributed by atoms with van der Waals surface area (Å²) in [5.41, 5.74) is 1.32. The standard InChI is InChI=1S/C25H34O3/c1-17-6-12-20-23(2,3)21-16-25(17,20)15-14-24(21,4)28-22(26)13-9-18-7-10-19(27-5)11-8-18/h7-11,13,17,20-21H,6,12,14-16H2,1-5H3/b13-9+/t17-,20+,21-,24-,25+/m1/s1. The SMILES string of the molecule is COc1ccc(/C=C/C(=O)O[C@]2(C)CC[C@@]34C[C@@H]2C(C)(C)[C@@H]3CC[C@H]4C)cc1. The smallest absolute Gasteiger partial charge is 0.331 e. The molecule has 0 radical (unpaired) electrons. The summed E-state index contributed by atoms with van der Waals surface area (Å²) in [6.45, 7) is 9.47. The molecular weight excluding hydrogens is 348 g/mol. The molecule has 2 bridgehead atoms. The molecule has 5 atom stereocenters. The fraction of sp³-hybridized carbons (Fsp3) is 0.640. The second-order valence-electron chi connectivity index (χ2n) is 10.2. The number of esters is 1. The van der Waals surface area contributed by atoms with Crippen LogP contribution in [0.4, 0.5) is 0 Å². The number of fused-ring (bicyclic) bond motifs is 1. The van der Waals surface area contributed by atoms with E-state index in [4.69, 9.17) is 9.47 Å². The van der Waals surface area contributed by atoms with Crippen LogP contribution in [0.25, 0.3) is 6.08 Å². The Labute approximate surface area is 169 Å². The number of carbonyl (C=O) groups is 1. The molecule has 0 unspecified atom stereocenters. The van der Waals surface area contributed by atoms with Gasteiger partial charge in [0, 0.05) is 12.0 Å². The Morgan fingerprint density at radius 2 is 1.79 bits per heavy atom. The number of carbonyl (C=O) groups excluding carboxylic acids is 1. The summed E-state index contributed by atoms with van der Waals surface area (Å²) >= 11 is 0. The predicted octanol–water partition coefficient (Wildman–Crippen LogP) is 5.88. The first-order valence-electron chi connectivity index (χ1n) is 10.8. The molecule has 3 nitrogen and oxygen atoms in total. The van der Waals surface area contributed by atoms with Gasteiger partial charge in [0.15, 0.2) is 0 Å². The first-order chi connectivity index (χ1) is 13.2. The first-order valence-corrected chi connectivity index (χ1v) is 10.8. The zero-order chi connectivity index (χ0) is 20.2. The molecule has 4 rings (SSSR count). The Morgan fingerprint density at radius 1 is 1.07 bits per heavy atom. The van der Waals surface area contributed by atoms with Crippen LogP contribution >= 0.6 is 0 Å². The highest BCUT2D eigenvalue weighted by molar-refractivity contribution is 5.87. The summed E-state index contributed by atoms with van der Waals surface area (Å²) < 4.78 is 11.3. The van der Waals surface area contributed by atoms with E-state index in [1.165, 1.54) is 25.7 Å². The summed E-state index contributed by atoms with van der Waals surface area (Å²) in [6, 6.07) is 7.68. The Bertz CT molecular complexity index is 777. The van der Waals surface area contributed by atoms with Gasteiger partial charge in [0.1, 0.15) is 11.4 Å². The maximum Gasteiger partial charge on any atom is 0.331 e. The molecule has 28 heavy (non-hydrogen) atoms. The highest BCUT2D eigenvalue weighted by atomic mass is 16.6. The highest BCUT2D eigenvalue weighted by Gasteiger charge is 2.68. The van der Waals surface area contributed by atoms with Crippen LogP contribution in [0.1, 0.15) is 65.4 Å². The van der Waals surface area contributed by atoms with E-state index in [1.54, 1.807) is 13.2 Å². The van der Waals surface area contributed by atoms with Crippen molar-refractivity contribution in [1.29, 1.82) is 0 Å². The van der Waals surface area contributed by atoms with E-state index < -0.39 is 0 Å². The van der Waals surface area contributed by atoms with Gasteiger partial charge in [-0.15, -0.1) is 0 Å². The van der Waals surface area contributed by atoms with Crippen molar-refractivity contribution < 1.29 is 14.3 Å². The van der Waals surface area contributed by atoms with Gasteiger partial charge in [-0.1, -0.05) is 32.9 Å². The third-order valence-corrected chi connectivity index (χ3v) is 8.63. The van der Waals surface area contributed by atoms with Gasteiger partial charge in [0.05, 0.1) is 7.11 Å². The van der Waals surface area contributed by atoms with E-state index in [1.807, 2.05) is 30.3 Å². The minimum Gasteiger partial charge on any atom is -0.497 e. The van der Waals surface area contributed by atoms with Crippen molar-refractivity contribution in [2.24, 2.45) is 28.6 Å². The maximum absolute atomic E-state index is 12.7. The predicted molar refractivity (Wildman–Crippen MR) is 112 cm³/mol. The van der Waals surface area contributed by atoms with Crippen molar-refractivity contribution in [2.45, 2.75) is 65.4 Å². The zero-order valence-electron chi connectivity index (χ0n) is 18.0. The molecule has 152 valence electrons. The van der Waals surface area contributed by atoms with Crippen molar-refractivity contribution in [2.75, 3.05) is 7.11 Å². The van der Waals surface area contributed by atoms with Crippen LogP contribution in [0.5, 0.6) is 5.75 Å². The topological polar surface area (TPSA) is 35.5 Å². The highest BCUT2D eigenvalue weighted by Crippen LogP contribution is 2.73. The van der Waals surface area contributed by atoms with Crippen molar-refractivity contribution in [3.8, 4) is 5.75 Å². The van der Waals surface area contributed by atoms with Crippen LogP contribution in [0, 0.1) is 28.6 Å². The minimum atomic E-state index is -0.361. The van der Waals surface area contributed by atoms with Crippen LogP contribution in [0.15, 0.2) is 30.3 Å². The van der Waals surface area contributed by atoms with Crippen molar-refractivity contribution in [3.05, 3.63) is 35.9 Å². The van der Waals surface area contributed by atoms with Crippen LogP contribution < -0.4 is 4.74 Å². The lowest BCUT2D eigenvalue weighted by molar-refractivity contribution is -0.167. The molecule has 1 aromatic rings. The fourth-order valence-electron chi connectivity index (χ4n) is 7.12. The molecule has 3 fully saturated rings. The summed E-state index contributed by atoms with van der Waals surface area (Å²) in [5, 5.41) is 0. The molecule has 3 aliphatic carbocycles. The number of ether oxygens (including phenoxy) is 2. The van der Waals surface area contributed by atoms with E-state index >= 15 is 0 Å². The lowest BCUT2D eigenvalue weighted by Crippen LogP contribution is -2.47. The first kappa shape index (κ1) is 19.5. The summed E-state index contributed by atoms with van der Waals surface area (Å²) in [5.74, 6) is 2.61. The van der Waals surface area contributed by atoms with E-state index in [0.29, 0.717) is 11.3 Å². The fourth-order valence-corrected chi connectivity index (χ4v) is 7.12. The van der Waals surface area contributed by atoms with Gasteiger partial charge in [-0.3, -0.25) is 0 Å². The van der Waals surface area contributed by atoms with Crippen LogP contribution in [0.2, 0.25) is 0 Å². The third kappa shape index (κ3) is 2.89. The molecular formula is C25H34O3. The number of methoxy groups -OCH3 is 1. The second-order valence-corrected chi connectivity index (χ2v) is 10.2. The number of hydrogen-bond acceptors (Lipinski definition) is 3. The Kier molecular flexibility index (Phi) is 4.63. The van der Waals surface area contributed by atoms with E-state index in [2.05, 4.69) is 27.7 Å². The average molecular weight is 383 g/mol. The number of benzene rings is 1. The Morgan fingerprint density at radius 3 is 2.46 bits per heavy atom. The molecule has 0 aliphatic heterocycles. The van der Waals surface area contributed by atoms with Gasteiger partial charge in [-0.2, -0.15) is 0 Å². The van der Waals surface area contributed by atoms with Crippen LogP contribution in [-0.4, -0.2) is 18.7 Å². The monoisotopic (exact) mass is 382 g/mol. The van der Waals surface area contributed by atoms with Gasteiger partial charge in [-0.05, 0) is 85.5 Å². The Balaban J connectivity index is 1.48. The van der Waals surface area contributed by atoms with Crippen LogP contribution in [-0.2, 0) is 9.53 Å². The number of rotatable bonds is 4. The molecule has 0 saturated heterocycles. The summed E-state index contributed by atoms with van der Waals surface area (Å²) in [7, 11) is 1.65. The molecule has 1 spiro atoms. The zero-order valence-corrected chi connectivity index (χ0v) is 18.0. The normalized spacial score (nSPS) is 38.4.